The molecule has 0 bridgehead atoms. The zero-order valence-corrected chi connectivity index (χ0v) is 27.7. The number of nitrogens with zero attached hydrogens (tertiary/aromatic N) is 1. The molecule has 7 aromatic carbocycles. The molecule has 0 fully saturated rings. The van der Waals surface area contributed by atoms with Crippen LogP contribution in [-0.2, 0) is 0 Å². The van der Waals surface area contributed by atoms with E-state index in [1.807, 2.05) is 0 Å². The van der Waals surface area contributed by atoms with Gasteiger partial charge in [0.1, 0.15) is 0 Å². The molecule has 0 saturated heterocycles. The first kappa shape index (κ1) is 28.9. The van der Waals surface area contributed by atoms with Crippen LogP contribution in [0.3, 0.4) is 0 Å². The van der Waals surface area contributed by atoms with Crippen molar-refractivity contribution in [2.24, 2.45) is 0 Å². The molecule has 4 atom stereocenters. The van der Waals surface area contributed by atoms with Crippen molar-refractivity contribution < 1.29 is 0 Å². The number of rotatable bonds is 5. The molecule has 238 valence electrons. The number of para-hydroxylation sites is 3. The van der Waals surface area contributed by atoms with Gasteiger partial charge in [-0.3, -0.25) is 0 Å². The first-order chi connectivity index (χ1) is 24.8. The number of hydrogen-bond acceptors (Lipinski definition) is 2. The monoisotopic (exact) mass is 640 g/mol. The fourth-order valence-electron chi connectivity index (χ4n) is 8.83. The van der Waals surface area contributed by atoms with Crippen molar-refractivity contribution in [3.63, 3.8) is 0 Å². The molecule has 3 aliphatic rings. The second-order valence-electron chi connectivity index (χ2n) is 13.7. The number of hydrogen-bond donors (Lipinski definition) is 1. The lowest BCUT2D eigenvalue weighted by molar-refractivity contribution is 0.721. The predicted molar refractivity (Wildman–Crippen MR) is 209 cm³/mol. The van der Waals surface area contributed by atoms with E-state index in [0.717, 1.165) is 0 Å². The Kier molecular flexibility index (Phi) is 6.80. The summed E-state index contributed by atoms with van der Waals surface area (Å²) in [6.45, 7) is 0. The van der Waals surface area contributed by atoms with Gasteiger partial charge in [-0.25, -0.2) is 0 Å². The average molecular weight is 641 g/mol. The number of fused-ring (bicyclic) bond motifs is 7. The smallest absolute Gasteiger partial charge is 0.0641 e. The summed E-state index contributed by atoms with van der Waals surface area (Å²) >= 11 is 0. The molecule has 0 aromatic heterocycles. The third kappa shape index (κ3) is 4.56. The van der Waals surface area contributed by atoms with Crippen LogP contribution in [0.1, 0.15) is 56.8 Å². The Labute approximate surface area is 293 Å². The molecule has 7 aromatic rings. The number of anilines is 3. The van der Waals surface area contributed by atoms with Crippen LogP contribution < -0.4 is 10.2 Å². The third-order valence-corrected chi connectivity index (χ3v) is 11.0. The van der Waals surface area contributed by atoms with Gasteiger partial charge in [-0.15, -0.1) is 0 Å². The standard InChI is InChI=1S/C48H36N2/c1-3-15-33(16-4-1)48-41(39-22-11-13-25-44(39)49-48)30-28-32-27-29-38(36-20-8-7-19-35(32)36)43-31-46-47(40-23-10-9-21-37(40)43)42-24-12-14-26-45(42)50(46)34-17-5-2-6-18-34/h1-31,41,46-49H/b30-28+. The van der Waals surface area contributed by atoms with Gasteiger partial charge in [-0.1, -0.05) is 164 Å². The second-order valence-corrected chi connectivity index (χ2v) is 13.7. The third-order valence-electron chi connectivity index (χ3n) is 11.0. The highest BCUT2D eigenvalue weighted by Gasteiger charge is 2.42. The van der Waals surface area contributed by atoms with Crippen LogP contribution in [0.5, 0.6) is 0 Å². The highest BCUT2D eigenvalue weighted by Crippen LogP contribution is 2.54. The van der Waals surface area contributed by atoms with Gasteiger partial charge < -0.3 is 10.2 Å². The van der Waals surface area contributed by atoms with Crippen LogP contribution in [0.15, 0.2) is 182 Å². The normalized spacial score (nSPS) is 20.2. The van der Waals surface area contributed by atoms with Gasteiger partial charge in [0.25, 0.3) is 0 Å². The first-order valence-corrected chi connectivity index (χ1v) is 17.7. The molecule has 10 rings (SSSR count). The zero-order chi connectivity index (χ0) is 33.0. The quantitative estimate of drug-likeness (QED) is 0.201. The van der Waals surface area contributed by atoms with Crippen molar-refractivity contribution in [1.29, 1.82) is 0 Å². The van der Waals surface area contributed by atoms with Crippen molar-refractivity contribution >= 4 is 39.5 Å². The molecule has 4 unspecified atom stereocenters. The van der Waals surface area contributed by atoms with Crippen LogP contribution in [0.4, 0.5) is 17.1 Å². The maximum atomic E-state index is 3.81. The van der Waals surface area contributed by atoms with E-state index in [9.17, 15) is 0 Å². The minimum absolute atomic E-state index is 0.169. The molecule has 0 spiro atoms. The van der Waals surface area contributed by atoms with E-state index < -0.39 is 0 Å². The summed E-state index contributed by atoms with van der Waals surface area (Å²) in [5, 5.41) is 6.36. The maximum Gasteiger partial charge on any atom is 0.0641 e. The molecule has 2 nitrogen and oxygen atoms in total. The van der Waals surface area contributed by atoms with Crippen molar-refractivity contribution in [2.75, 3.05) is 10.2 Å². The van der Waals surface area contributed by atoms with Crippen LogP contribution in [0.25, 0.3) is 22.4 Å². The topological polar surface area (TPSA) is 15.3 Å². The highest BCUT2D eigenvalue weighted by atomic mass is 15.2. The van der Waals surface area contributed by atoms with E-state index >= 15 is 0 Å². The molecule has 50 heavy (non-hydrogen) atoms. The Bertz CT molecular complexity index is 2430. The highest BCUT2D eigenvalue weighted by molar-refractivity contribution is 6.03. The fraction of sp³-hybridized carbons (Fsp3) is 0.0833. The minimum Gasteiger partial charge on any atom is -0.377 e. The largest absolute Gasteiger partial charge is 0.377 e. The molecule has 0 amide bonds. The Morgan fingerprint density at radius 1 is 0.520 bits per heavy atom. The summed E-state index contributed by atoms with van der Waals surface area (Å²) in [5.41, 5.74) is 14.3. The summed E-state index contributed by atoms with van der Waals surface area (Å²) in [6.07, 6.45) is 7.30. The summed E-state index contributed by atoms with van der Waals surface area (Å²) in [5.74, 6) is 0.491. The molecule has 0 saturated carbocycles. The van der Waals surface area contributed by atoms with Gasteiger partial charge in [0.05, 0.1) is 12.1 Å². The Morgan fingerprint density at radius 3 is 2.02 bits per heavy atom. The van der Waals surface area contributed by atoms with Crippen molar-refractivity contribution in [3.8, 4) is 0 Å². The summed E-state index contributed by atoms with van der Waals surface area (Å²) in [7, 11) is 0. The minimum atomic E-state index is 0.169. The maximum absolute atomic E-state index is 3.81. The van der Waals surface area contributed by atoms with Gasteiger partial charge in [0.15, 0.2) is 0 Å². The van der Waals surface area contributed by atoms with E-state index in [1.165, 1.54) is 72.4 Å². The molecule has 2 aliphatic heterocycles. The Morgan fingerprint density at radius 2 is 1.18 bits per heavy atom. The molecule has 1 aliphatic carbocycles. The predicted octanol–water partition coefficient (Wildman–Crippen LogP) is 11.9. The lowest BCUT2D eigenvalue weighted by Crippen LogP contribution is -2.31. The Balaban J connectivity index is 1.10. The van der Waals surface area contributed by atoms with Crippen LogP contribution in [0.2, 0.25) is 0 Å². The second kappa shape index (κ2) is 11.8. The van der Waals surface area contributed by atoms with Crippen LogP contribution in [-0.4, -0.2) is 6.04 Å². The summed E-state index contributed by atoms with van der Waals surface area (Å²) in [6, 6.07) is 62.5. The van der Waals surface area contributed by atoms with E-state index in [1.54, 1.807) is 0 Å². The molecule has 0 radical (unpaired) electrons. The average Bonchev–Trinajstić information content (AvgIpc) is 3.73. The van der Waals surface area contributed by atoms with E-state index in [4.69, 9.17) is 0 Å². The van der Waals surface area contributed by atoms with Crippen molar-refractivity contribution in [3.05, 3.63) is 221 Å². The van der Waals surface area contributed by atoms with Gasteiger partial charge in [0, 0.05) is 28.9 Å². The van der Waals surface area contributed by atoms with Crippen LogP contribution in [0, 0.1) is 0 Å². The lowest BCUT2D eigenvalue weighted by atomic mass is 9.75. The van der Waals surface area contributed by atoms with Crippen molar-refractivity contribution in [2.45, 2.75) is 23.9 Å². The summed E-state index contributed by atoms with van der Waals surface area (Å²) in [4.78, 5) is 2.55. The number of benzene rings is 7. The Hall–Kier alpha value is -6.12. The molecular formula is C48H36N2. The van der Waals surface area contributed by atoms with Crippen molar-refractivity contribution in [1.82, 2.24) is 0 Å². The summed E-state index contributed by atoms with van der Waals surface area (Å²) < 4.78 is 0. The van der Waals surface area contributed by atoms with E-state index in [0.29, 0.717) is 0 Å². The van der Waals surface area contributed by atoms with Gasteiger partial charge >= 0.3 is 0 Å². The lowest BCUT2D eigenvalue weighted by Gasteiger charge is -2.34. The molecular weight excluding hydrogens is 605 g/mol. The zero-order valence-electron chi connectivity index (χ0n) is 27.7. The van der Waals surface area contributed by atoms with Gasteiger partial charge in [0.2, 0.25) is 0 Å². The number of nitrogens with one attached hydrogen (secondary N) is 1. The molecule has 1 N–H and O–H groups in total. The SMILES string of the molecule is C1=C(c2ccc(/C=C/C3c4ccccc4NC3c3ccccc3)c3ccccc23)c2ccccc2C2c3ccccc3N(c3ccccc3)C12. The van der Waals surface area contributed by atoms with Crippen LogP contribution >= 0.6 is 0 Å². The fourth-order valence-corrected chi connectivity index (χ4v) is 8.83. The van der Waals surface area contributed by atoms with E-state index in [-0.39, 0.29) is 23.9 Å². The first-order valence-electron chi connectivity index (χ1n) is 17.7. The molecule has 2 heterocycles. The van der Waals surface area contributed by atoms with Gasteiger partial charge in [-0.2, -0.15) is 0 Å². The molecule has 2 heteroatoms. The van der Waals surface area contributed by atoms with E-state index in [2.05, 4.69) is 198 Å². The van der Waals surface area contributed by atoms with Gasteiger partial charge in [-0.05, 0) is 79.6 Å².